The molecule has 3 aromatic rings. The Kier molecular flexibility index (Phi) is 6.67. The molecule has 0 radical (unpaired) electrons. The number of rotatable bonds is 6. The molecule has 0 bridgehead atoms. The molecular formula is C25H29F3N4. The van der Waals surface area contributed by atoms with Gasteiger partial charge >= 0.3 is 6.18 Å². The standard InChI is InChI=1S/C25H29F3N4/c1-17-5-3-4-6-20(17)15-29-22-11-13-32(14-12-22)16-23-18(2)30-24(31-23)19-7-9-21(10-8-19)25(26,27)28/h3-10,22,29H,11-16H2,1-2H3,(H,30,31). The molecule has 7 heteroatoms. The average Bonchev–Trinajstić information content (AvgIpc) is 3.14. The Morgan fingerprint density at radius 1 is 1.03 bits per heavy atom. The van der Waals surface area contributed by atoms with Crippen molar-refractivity contribution in [1.82, 2.24) is 20.2 Å². The molecule has 0 aliphatic carbocycles. The molecule has 2 aromatic carbocycles. The highest BCUT2D eigenvalue weighted by Crippen LogP contribution is 2.30. The third-order valence-corrected chi connectivity index (χ3v) is 6.27. The first-order chi connectivity index (χ1) is 15.3. The van der Waals surface area contributed by atoms with Crippen LogP contribution < -0.4 is 5.32 Å². The van der Waals surface area contributed by atoms with Gasteiger partial charge < -0.3 is 10.3 Å². The molecule has 0 atom stereocenters. The number of aromatic amines is 1. The lowest BCUT2D eigenvalue weighted by Crippen LogP contribution is -2.42. The van der Waals surface area contributed by atoms with Gasteiger partial charge in [0.15, 0.2) is 0 Å². The molecule has 1 fully saturated rings. The van der Waals surface area contributed by atoms with Gasteiger partial charge in [0.2, 0.25) is 0 Å². The fourth-order valence-corrected chi connectivity index (χ4v) is 4.17. The minimum atomic E-state index is -4.33. The summed E-state index contributed by atoms with van der Waals surface area (Å²) < 4.78 is 38.4. The Labute approximate surface area is 186 Å². The van der Waals surface area contributed by atoms with Crippen LogP contribution >= 0.6 is 0 Å². The molecule has 0 spiro atoms. The molecule has 4 nitrogen and oxygen atoms in total. The van der Waals surface area contributed by atoms with Crippen molar-refractivity contribution >= 4 is 0 Å². The third-order valence-electron chi connectivity index (χ3n) is 6.27. The number of nitrogens with one attached hydrogen (secondary N) is 2. The Balaban J connectivity index is 1.31. The topological polar surface area (TPSA) is 44.0 Å². The number of alkyl halides is 3. The van der Waals surface area contributed by atoms with E-state index in [2.05, 4.69) is 51.4 Å². The van der Waals surface area contributed by atoms with Crippen molar-refractivity contribution in [1.29, 1.82) is 0 Å². The first-order valence-corrected chi connectivity index (χ1v) is 11.0. The quantitative estimate of drug-likeness (QED) is 0.532. The van der Waals surface area contributed by atoms with E-state index in [9.17, 15) is 13.2 Å². The van der Waals surface area contributed by atoms with Crippen molar-refractivity contribution < 1.29 is 13.2 Å². The maximum atomic E-state index is 12.8. The van der Waals surface area contributed by atoms with E-state index in [1.165, 1.54) is 23.3 Å². The fraction of sp³-hybridized carbons (Fsp3) is 0.400. The van der Waals surface area contributed by atoms with Crippen molar-refractivity contribution in [2.24, 2.45) is 0 Å². The lowest BCUT2D eigenvalue weighted by atomic mass is 10.0. The normalized spacial score (nSPS) is 15.9. The summed E-state index contributed by atoms with van der Waals surface area (Å²) >= 11 is 0. The number of hydrogen-bond acceptors (Lipinski definition) is 3. The first kappa shape index (κ1) is 22.6. The van der Waals surface area contributed by atoms with Crippen LogP contribution in [0.25, 0.3) is 11.4 Å². The van der Waals surface area contributed by atoms with Crippen LogP contribution in [0.15, 0.2) is 48.5 Å². The number of likely N-dealkylation sites (tertiary alicyclic amines) is 1. The van der Waals surface area contributed by atoms with Gasteiger partial charge in [-0.25, -0.2) is 4.98 Å². The Hall–Kier alpha value is -2.64. The highest BCUT2D eigenvalue weighted by atomic mass is 19.4. The second-order valence-corrected chi connectivity index (χ2v) is 8.59. The summed E-state index contributed by atoms with van der Waals surface area (Å²) in [5.41, 5.74) is 4.58. The highest BCUT2D eigenvalue weighted by molar-refractivity contribution is 5.56. The first-order valence-electron chi connectivity index (χ1n) is 11.0. The lowest BCUT2D eigenvalue weighted by Gasteiger charge is -2.32. The predicted molar refractivity (Wildman–Crippen MR) is 120 cm³/mol. The molecule has 0 unspecified atom stereocenters. The Morgan fingerprint density at radius 2 is 1.72 bits per heavy atom. The van der Waals surface area contributed by atoms with Gasteiger partial charge in [-0.05, 0) is 49.9 Å². The van der Waals surface area contributed by atoms with E-state index in [0.717, 1.165) is 62.5 Å². The Morgan fingerprint density at radius 3 is 2.38 bits per heavy atom. The van der Waals surface area contributed by atoms with E-state index in [0.29, 0.717) is 17.4 Å². The van der Waals surface area contributed by atoms with Crippen LogP contribution in [0.3, 0.4) is 0 Å². The molecule has 1 aliphatic heterocycles. The summed E-state index contributed by atoms with van der Waals surface area (Å²) in [7, 11) is 0. The largest absolute Gasteiger partial charge is 0.416 e. The number of imidazole rings is 1. The summed E-state index contributed by atoms with van der Waals surface area (Å²) in [6.07, 6.45) is -2.16. The maximum absolute atomic E-state index is 12.8. The van der Waals surface area contributed by atoms with Crippen LogP contribution in [0, 0.1) is 13.8 Å². The Bertz CT molecular complexity index is 1030. The predicted octanol–water partition coefficient (Wildman–Crippen LogP) is 5.47. The van der Waals surface area contributed by atoms with Crippen molar-refractivity contribution in [2.45, 2.75) is 52.0 Å². The summed E-state index contributed by atoms with van der Waals surface area (Å²) in [6, 6.07) is 14.1. The maximum Gasteiger partial charge on any atom is 0.416 e. The van der Waals surface area contributed by atoms with E-state index >= 15 is 0 Å². The number of H-pyrrole nitrogens is 1. The number of aryl methyl sites for hydroxylation is 2. The van der Waals surface area contributed by atoms with Gasteiger partial charge in [0, 0.05) is 43.5 Å². The highest BCUT2D eigenvalue weighted by Gasteiger charge is 2.30. The zero-order valence-corrected chi connectivity index (χ0v) is 18.5. The third kappa shape index (κ3) is 5.40. The zero-order chi connectivity index (χ0) is 22.7. The van der Waals surface area contributed by atoms with Crippen LogP contribution in [0.5, 0.6) is 0 Å². The van der Waals surface area contributed by atoms with E-state index in [4.69, 9.17) is 0 Å². The minimum Gasteiger partial charge on any atom is -0.342 e. The second kappa shape index (κ2) is 9.46. The van der Waals surface area contributed by atoms with Crippen molar-refractivity contribution in [2.75, 3.05) is 13.1 Å². The number of nitrogens with zero attached hydrogens (tertiary/aromatic N) is 2. The van der Waals surface area contributed by atoms with E-state index in [1.54, 1.807) is 0 Å². The monoisotopic (exact) mass is 442 g/mol. The molecule has 2 heterocycles. The molecular weight excluding hydrogens is 413 g/mol. The smallest absolute Gasteiger partial charge is 0.342 e. The van der Waals surface area contributed by atoms with Gasteiger partial charge in [0.25, 0.3) is 0 Å². The van der Waals surface area contributed by atoms with Crippen LogP contribution in [-0.2, 0) is 19.3 Å². The van der Waals surface area contributed by atoms with Gasteiger partial charge in [0.1, 0.15) is 5.82 Å². The van der Waals surface area contributed by atoms with Crippen LogP contribution in [-0.4, -0.2) is 34.0 Å². The SMILES string of the molecule is Cc1ccccc1CNC1CCN(Cc2nc(-c3ccc(C(F)(F)F)cc3)[nH]c2C)CC1. The zero-order valence-electron chi connectivity index (χ0n) is 18.5. The number of benzene rings is 2. The molecule has 1 aliphatic rings. The van der Waals surface area contributed by atoms with Gasteiger partial charge in [0.05, 0.1) is 11.3 Å². The summed E-state index contributed by atoms with van der Waals surface area (Å²) in [5.74, 6) is 0.612. The molecule has 1 aromatic heterocycles. The molecule has 2 N–H and O–H groups in total. The molecule has 32 heavy (non-hydrogen) atoms. The molecule has 1 saturated heterocycles. The van der Waals surface area contributed by atoms with Gasteiger partial charge in [-0.15, -0.1) is 0 Å². The van der Waals surface area contributed by atoms with E-state index in [-0.39, 0.29) is 0 Å². The molecule has 4 rings (SSSR count). The number of aromatic nitrogens is 2. The van der Waals surface area contributed by atoms with Crippen molar-refractivity contribution in [3.8, 4) is 11.4 Å². The fourth-order valence-electron chi connectivity index (χ4n) is 4.17. The molecule has 0 amide bonds. The number of halogens is 3. The van der Waals surface area contributed by atoms with Crippen molar-refractivity contribution in [3.05, 3.63) is 76.6 Å². The second-order valence-electron chi connectivity index (χ2n) is 8.59. The lowest BCUT2D eigenvalue weighted by molar-refractivity contribution is -0.137. The summed E-state index contributed by atoms with van der Waals surface area (Å²) in [4.78, 5) is 10.3. The summed E-state index contributed by atoms with van der Waals surface area (Å²) in [6.45, 7) is 7.73. The number of piperidine rings is 1. The van der Waals surface area contributed by atoms with Crippen molar-refractivity contribution in [3.63, 3.8) is 0 Å². The van der Waals surface area contributed by atoms with E-state index in [1.807, 2.05) is 6.92 Å². The minimum absolute atomic E-state index is 0.508. The van der Waals surface area contributed by atoms with E-state index < -0.39 is 11.7 Å². The van der Waals surface area contributed by atoms with Gasteiger partial charge in [-0.1, -0.05) is 36.4 Å². The molecule has 0 saturated carbocycles. The van der Waals surface area contributed by atoms with Crippen LogP contribution in [0.2, 0.25) is 0 Å². The summed E-state index contributed by atoms with van der Waals surface area (Å²) in [5, 5.41) is 3.69. The van der Waals surface area contributed by atoms with Gasteiger partial charge in [-0.3, -0.25) is 4.90 Å². The van der Waals surface area contributed by atoms with Gasteiger partial charge in [-0.2, -0.15) is 13.2 Å². The number of hydrogen-bond donors (Lipinski definition) is 2. The van der Waals surface area contributed by atoms with Crippen LogP contribution in [0.4, 0.5) is 13.2 Å². The van der Waals surface area contributed by atoms with Crippen LogP contribution in [0.1, 0.15) is 40.9 Å². The average molecular weight is 443 g/mol. The molecule has 170 valence electrons.